The zero-order chi connectivity index (χ0) is 6.85. The summed E-state index contributed by atoms with van der Waals surface area (Å²) < 4.78 is 5.17. The van der Waals surface area contributed by atoms with E-state index in [0.29, 0.717) is 11.8 Å². The van der Waals surface area contributed by atoms with Crippen molar-refractivity contribution in [3.63, 3.8) is 0 Å². The number of hydrogen-bond acceptors (Lipinski definition) is 1. The average molecular weight is 126 g/mol. The van der Waals surface area contributed by atoms with Gasteiger partial charge in [-0.2, -0.15) is 0 Å². The quantitative estimate of drug-likeness (QED) is 0.523. The first-order valence-corrected chi connectivity index (χ1v) is 3.53. The lowest BCUT2D eigenvalue weighted by Crippen LogP contribution is -2.03. The summed E-state index contributed by atoms with van der Waals surface area (Å²) in [5, 5.41) is 0. The van der Waals surface area contributed by atoms with Crippen molar-refractivity contribution in [1.82, 2.24) is 0 Å². The molecule has 0 spiro atoms. The molecule has 0 saturated carbocycles. The van der Waals surface area contributed by atoms with Crippen molar-refractivity contribution in [3.8, 4) is 0 Å². The van der Waals surface area contributed by atoms with Gasteiger partial charge in [0.2, 0.25) is 0 Å². The van der Waals surface area contributed by atoms with Crippen LogP contribution >= 0.6 is 0 Å². The van der Waals surface area contributed by atoms with E-state index < -0.39 is 0 Å². The summed E-state index contributed by atoms with van der Waals surface area (Å²) >= 11 is 0. The molecule has 1 heterocycles. The van der Waals surface area contributed by atoms with E-state index in [4.69, 9.17) is 4.74 Å². The van der Waals surface area contributed by atoms with Gasteiger partial charge in [-0.1, -0.05) is 20.8 Å². The Hall–Kier alpha value is -0.460. The predicted octanol–water partition coefficient (Wildman–Crippen LogP) is 2.19. The van der Waals surface area contributed by atoms with Crippen LogP contribution in [0.5, 0.6) is 0 Å². The standard InChI is InChI=1S/C8H14O/c1-6(2)8-5-9-4-7(8)3/h5-7H,4H2,1-3H3. The maximum absolute atomic E-state index is 5.17. The zero-order valence-electron chi connectivity index (χ0n) is 6.35. The van der Waals surface area contributed by atoms with Crippen molar-refractivity contribution >= 4 is 0 Å². The monoisotopic (exact) mass is 126 g/mol. The summed E-state index contributed by atoms with van der Waals surface area (Å²) in [5.74, 6) is 1.30. The zero-order valence-corrected chi connectivity index (χ0v) is 6.35. The molecule has 1 nitrogen and oxygen atoms in total. The van der Waals surface area contributed by atoms with E-state index in [0.717, 1.165) is 6.61 Å². The molecule has 0 aliphatic carbocycles. The van der Waals surface area contributed by atoms with Crippen LogP contribution in [0, 0.1) is 11.8 Å². The van der Waals surface area contributed by atoms with Crippen LogP contribution in [0.3, 0.4) is 0 Å². The van der Waals surface area contributed by atoms with Crippen LogP contribution in [0.1, 0.15) is 20.8 Å². The lowest BCUT2D eigenvalue weighted by atomic mass is 9.95. The van der Waals surface area contributed by atoms with Crippen LogP contribution in [0.25, 0.3) is 0 Å². The van der Waals surface area contributed by atoms with Crippen LogP contribution in [-0.4, -0.2) is 6.61 Å². The van der Waals surface area contributed by atoms with E-state index >= 15 is 0 Å². The smallest absolute Gasteiger partial charge is 0.0937 e. The topological polar surface area (TPSA) is 9.23 Å². The Balaban J connectivity index is 2.57. The first kappa shape index (κ1) is 6.66. The molecule has 1 aliphatic heterocycles. The summed E-state index contributed by atoms with van der Waals surface area (Å²) in [6.07, 6.45) is 1.91. The maximum Gasteiger partial charge on any atom is 0.0937 e. The van der Waals surface area contributed by atoms with Crippen molar-refractivity contribution in [2.24, 2.45) is 11.8 Å². The van der Waals surface area contributed by atoms with Gasteiger partial charge in [0.1, 0.15) is 0 Å². The highest BCUT2D eigenvalue weighted by Crippen LogP contribution is 2.24. The van der Waals surface area contributed by atoms with Crippen LogP contribution in [0.4, 0.5) is 0 Å². The Labute approximate surface area is 56.7 Å². The van der Waals surface area contributed by atoms with Gasteiger partial charge in [0.05, 0.1) is 12.9 Å². The molecule has 0 bridgehead atoms. The highest BCUT2D eigenvalue weighted by atomic mass is 16.5. The van der Waals surface area contributed by atoms with Gasteiger partial charge in [-0.15, -0.1) is 0 Å². The molecule has 0 aromatic rings. The molecule has 0 aromatic heterocycles. The van der Waals surface area contributed by atoms with E-state index in [9.17, 15) is 0 Å². The molecule has 0 saturated heterocycles. The lowest BCUT2D eigenvalue weighted by Gasteiger charge is -2.08. The predicted molar refractivity (Wildman–Crippen MR) is 38.0 cm³/mol. The van der Waals surface area contributed by atoms with E-state index in [1.165, 1.54) is 5.57 Å². The van der Waals surface area contributed by atoms with Gasteiger partial charge in [-0.3, -0.25) is 0 Å². The van der Waals surface area contributed by atoms with Crippen LogP contribution in [0.2, 0.25) is 0 Å². The summed E-state index contributed by atoms with van der Waals surface area (Å²) in [4.78, 5) is 0. The average Bonchev–Trinajstić information content (AvgIpc) is 2.13. The number of ether oxygens (including phenoxy) is 1. The van der Waals surface area contributed by atoms with Gasteiger partial charge in [-0.25, -0.2) is 0 Å². The molecule has 52 valence electrons. The minimum Gasteiger partial charge on any atom is -0.501 e. The molecule has 0 amide bonds. The molecule has 0 aromatic carbocycles. The van der Waals surface area contributed by atoms with Crippen molar-refractivity contribution in [1.29, 1.82) is 0 Å². The van der Waals surface area contributed by atoms with Crippen molar-refractivity contribution < 1.29 is 4.74 Å². The van der Waals surface area contributed by atoms with Crippen LogP contribution in [-0.2, 0) is 4.74 Å². The molecule has 0 fully saturated rings. The Bertz CT molecular complexity index is 125. The fraction of sp³-hybridized carbons (Fsp3) is 0.750. The Morgan fingerprint density at radius 2 is 2.33 bits per heavy atom. The second-order valence-corrected chi connectivity index (χ2v) is 3.01. The normalized spacial score (nSPS) is 26.2. The van der Waals surface area contributed by atoms with E-state index in [2.05, 4.69) is 20.8 Å². The minimum atomic E-state index is 0.644. The van der Waals surface area contributed by atoms with E-state index in [1.54, 1.807) is 0 Å². The Morgan fingerprint density at radius 1 is 1.67 bits per heavy atom. The summed E-state index contributed by atoms with van der Waals surface area (Å²) in [6, 6.07) is 0. The van der Waals surface area contributed by atoms with Crippen molar-refractivity contribution in [3.05, 3.63) is 11.8 Å². The van der Waals surface area contributed by atoms with Crippen LogP contribution < -0.4 is 0 Å². The highest BCUT2D eigenvalue weighted by molar-refractivity contribution is 5.08. The van der Waals surface area contributed by atoms with Gasteiger partial charge in [0.15, 0.2) is 0 Å². The molecule has 1 heteroatoms. The van der Waals surface area contributed by atoms with Gasteiger partial charge >= 0.3 is 0 Å². The third-order valence-electron chi connectivity index (χ3n) is 1.80. The number of rotatable bonds is 1. The van der Waals surface area contributed by atoms with Gasteiger partial charge in [0.25, 0.3) is 0 Å². The molecule has 1 rings (SSSR count). The second-order valence-electron chi connectivity index (χ2n) is 3.01. The molecular formula is C8H14O. The minimum absolute atomic E-state index is 0.644. The fourth-order valence-electron chi connectivity index (χ4n) is 1.21. The molecule has 0 radical (unpaired) electrons. The second kappa shape index (κ2) is 2.42. The maximum atomic E-state index is 5.17. The van der Waals surface area contributed by atoms with Gasteiger partial charge in [0, 0.05) is 5.92 Å². The van der Waals surface area contributed by atoms with E-state index in [1.807, 2.05) is 6.26 Å². The first-order valence-electron chi connectivity index (χ1n) is 3.53. The third-order valence-corrected chi connectivity index (χ3v) is 1.80. The van der Waals surface area contributed by atoms with Gasteiger partial charge in [-0.05, 0) is 11.5 Å². The lowest BCUT2D eigenvalue weighted by molar-refractivity contribution is 0.254. The van der Waals surface area contributed by atoms with Crippen LogP contribution in [0.15, 0.2) is 11.8 Å². The molecule has 1 aliphatic rings. The molecule has 1 unspecified atom stereocenters. The van der Waals surface area contributed by atoms with Crippen molar-refractivity contribution in [2.45, 2.75) is 20.8 Å². The van der Waals surface area contributed by atoms with Gasteiger partial charge < -0.3 is 4.74 Å². The molecule has 9 heavy (non-hydrogen) atoms. The summed E-state index contributed by atoms with van der Waals surface area (Å²) in [7, 11) is 0. The third kappa shape index (κ3) is 1.26. The van der Waals surface area contributed by atoms with Crippen molar-refractivity contribution in [2.75, 3.05) is 6.61 Å². The Kier molecular flexibility index (Phi) is 1.79. The summed E-state index contributed by atoms with van der Waals surface area (Å²) in [6.45, 7) is 7.50. The highest BCUT2D eigenvalue weighted by Gasteiger charge is 2.17. The van der Waals surface area contributed by atoms with E-state index in [-0.39, 0.29) is 0 Å². The largest absolute Gasteiger partial charge is 0.501 e. The SMILES string of the molecule is CC(C)C1=COCC1C. The molecular weight excluding hydrogens is 112 g/mol. The first-order chi connectivity index (χ1) is 4.22. The Morgan fingerprint density at radius 3 is 2.56 bits per heavy atom. The molecule has 1 atom stereocenters. The molecule has 0 N–H and O–H groups in total. The number of hydrogen-bond donors (Lipinski definition) is 0. The fourth-order valence-corrected chi connectivity index (χ4v) is 1.21. The summed E-state index contributed by atoms with van der Waals surface area (Å²) in [5.41, 5.74) is 1.45.